The van der Waals surface area contributed by atoms with Gasteiger partial charge in [-0.25, -0.2) is 4.79 Å². The third kappa shape index (κ3) is 14.5. The van der Waals surface area contributed by atoms with E-state index in [-0.39, 0.29) is 32.1 Å². The van der Waals surface area contributed by atoms with Gasteiger partial charge in [0.15, 0.2) is 0 Å². The van der Waals surface area contributed by atoms with E-state index in [2.05, 4.69) is 16.0 Å². The highest BCUT2D eigenvalue weighted by Gasteiger charge is 2.30. The minimum Gasteiger partial charge on any atom is -0.481 e. The molecule has 0 aliphatic carbocycles. The van der Waals surface area contributed by atoms with Crippen LogP contribution in [0.15, 0.2) is 0 Å². The molecule has 0 saturated carbocycles. The molecule has 0 aromatic heterocycles. The van der Waals surface area contributed by atoms with Crippen molar-refractivity contribution in [2.24, 2.45) is 11.5 Å². The van der Waals surface area contributed by atoms with Crippen LogP contribution in [0.5, 0.6) is 0 Å². The lowest BCUT2D eigenvalue weighted by molar-refractivity contribution is -0.143. The number of nitrogens with two attached hydrogens (primary N) is 2. The number of carboxylic acids is 3. The molecule has 0 aliphatic heterocycles. The van der Waals surface area contributed by atoms with Crippen molar-refractivity contribution in [3.63, 3.8) is 0 Å². The van der Waals surface area contributed by atoms with Crippen LogP contribution in [0, 0.1) is 0 Å². The number of aliphatic carboxylic acids is 3. The molecular weight excluding hydrogens is 498 g/mol. The van der Waals surface area contributed by atoms with Crippen LogP contribution in [0.2, 0.25) is 0 Å². The summed E-state index contributed by atoms with van der Waals surface area (Å²) in [6, 6.07) is -4.95. The zero-order chi connectivity index (χ0) is 27.7. The first-order valence-electron chi connectivity index (χ1n) is 11.4. The summed E-state index contributed by atoms with van der Waals surface area (Å²) in [5.74, 6) is -5.63. The van der Waals surface area contributed by atoms with Crippen molar-refractivity contribution in [1.82, 2.24) is 16.0 Å². The van der Waals surface area contributed by atoms with Gasteiger partial charge in [-0.2, -0.15) is 11.8 Å². The number of rotatable bonds is 20. The summed E-state index contributed by atoms with van der Waals surface area (Å²) < 4.78 is 0. The Morgan fingerprint density at radius 1 is 0.722 bits per heavy atom. The van der Waals surface area contributed by atoms with E-state index >= 15 is 0 Å². The van der Waals surface area contributed by atoms with Gasteiger partial charge in [0.05, 0.1) is 6.04 Å². The number of amides is 3. The quantitative estimate of drug-likeness (QED) is 0.0826. The van der Waals surface area contributed by atoms with Gasteiger partial charge in [-0.05, 0) is 57.1 Å². The predicted octanol–water partition coefficient (Wildman–Crippen LogP) is -1.54. The highest BCUT2D eigenvalue weighted by Crippen LogP contribution is 2.07. The van der Waals surface area contributed by atoms with E-state index in [4.69, 9.17) is 21.7 Å². The van der Waals surface area contributed by atoms with Crippen molar-refractivity contribution in [2.45, 2.75) is 75.5 Å². The number of carboxylic acid groups (broad SMARTS) is 3. The van der Waals surface area contributed by atoms with Gasteiger partial charge >= 0.3 is 17.9 Å². The van der Waals surface area contributed by atoms with Gasteiger partial charge in [-0.1, -0.05) is 0 Å². The summed E-state index contributed by atoms with van der Waals surface area (Å²) in [7, 11) is 0. The van der Waals surface area contributed by atoms with E-state index in [1.807, 2.05) is 0 Å². The molecule has 0 aromatic carbocycles. The Balaban J connectivity index is 5.47. The SMILES string of the molecule is CSCCC(NC(=O)C(N)CCC(=O)O)C(=O)NC(CCC(=O)O)C(=O)NC(CCCCN)C(=O)O. The molecule has 15 heteroatoms. The van der Waals surface area contributed by atoms with E-state index < -0.39 is 66.2 Å². The molecule has 206 valence electrons. The van der Waals surface area contributed by atoms with Crippen LogP contribution in [0.4, 0.5) is 0 Å². The number of hydrogen-bond donors (Lipinski definition) is 8. The fraction of sp³-hybridized carbons (Fsp3) is 0.714. The Bertz CT molecular complexity index is 768. The van der Waals surface area contributed by atoms with Crippen molar-refractivity contribution in [2.75, 3.05) is 18.6 Å². The molecule has 4 atom stereocenters. The topological polar surface area (TPSA) is 251 Å². The Morgan fingerprint density at radius 3 is 1.72 bits per heavy atom. The summed E-state index contributed by atoms with van der Waals surface area (Å²) >= 11 is 1.39. The van der Waals surface area contributed by atoms with Crippen LogP contribution < -0.4 is 27.4 Å². The minimum atomic E-state index is -1.38. The van der Waals surface area contributed by atoms with Crippen molar-refractivity contribution < 1.29 is 44.1 Å². The molecule has 0 heterocycles. The molecule has 10 N–H and O–H groups in total. The zero-order valence-electron chi connectivity index (χ0n) is 20.2. The molecular formula is C21H37N5O9S. The summed E-state index contributed by atoms with van der Waals surface area (Å²) in [4.78, 5) is 71.4. The van der Waals surface area contributed by atoms with Crippen molar-refractivity contribution >= 4 is 47.4 Å². The molecule has 0 bridgehead atoms. The third-order valence-corrected chi connectivity index (χ3v) is 5.73. The number of hydrogen-bond acceptors (Lipinski definition) is 9. The van der Waals surface area contributed by atoms with Gasteiger partial charge in [-0.3, -0.25) is 24.0 Å². The molecule has 0 fully saturated rings. The maximum Gasteiger partial charge on any atom is 0.326 e. The van der Waals surface area contributed by atoms with Crippen LogP contribution >= 0.6 is 11.8 Å². The molecule has 0 aromatic rings. The monoisotopic (exact) mass is 535 g/mol. The van der Waals surface area contributed by atoms with Gasteiger partial charge in [-0.15, -0.1) is 0 Å². The van der Waals surface area contributed by atoms with E-state index in [9.17, 15) is 33.9 Å². The lowest BCUT2D eigenvalue weighted by Gasteiger charge is -2.25. The highest BCUT2D eigenvalue weighted by atomic mass is 32.2. The van der Waals surface area contributed by atoms with E-state index in [0.717, 1.165) is 0 Å². The summed E-state index contributed by atoms with van der Waals surface area (Å²) in [5.41, 5.74) is 11.1. The first-order chi connectivity index (χ1) is 16.9. The van der Waals surface area contributed by atoms with Crippen LogP contribution in [0.3, 0.4) is 0 Å². The Kier molecular flexibility index (Phi) is 16.9. The average Bonchev–Trinajstić information content (AvgIpc) is 2.81. The summed E-state index contributed by atoms with van der Waals surface area (Å²) in [6.07, 6.45) is 1.71. The fourth-order valence-electron chi connectivity index (χ4n) is 3.02. The minimum absolute atomic E-state index is 0.0957. The number of nitrogens with one attached hydrogen (secondary N) is 3. The lowest BCUT2D eigenvalue weighted by Crippen LogP contribution is -2.57. The number of unbranched alkanes of at least 4 members (excludes halogenated alkanes) is 1. The summed E-state index contributed by atoms with van der Waals surface area (Å²) in [6.45, 7) is 0.348. The van der Waals surface area contributed by atoms with Gasteiger partial charge in [0.25, 0.3) is 0 Å². The van der Waals surface area contributed by atoms with Crippen molar-refractivity contribution in [1.29, 1.82) is 0 Å². The van der Waals surface area contributed by atoms with Crippen LogP contribution in [0.25, 0.3) is 0 Å². The third-order valence-electron chi connectivity index (χ3n) is 5.09. The molecule has 0 saturated heterocycles. The first-order valence-corrected chi connectivity index (χ1v) is 12.8. The second-order valence-corrected chi connectivity index (χ2v) is 9.04. The molecule has 36 heavy (non-hydrogen) atoms. The van der Waals surface area contributed by atoms with Gasteiger partial charge < -0.3 is 42.7 Å². The second-order valence-electron chi connectivity index (χ2n) is 8.06. The molecule has 3 amide bonds. The normalized spacial score (nSPS) is 14.1. The van der Waals surface area contributed by atoms with Crippen LogP contribution in [0.1, 0.15) is 51.4 Å². The van der Waals surface area contributed by atoms with Crippen molar-refractivity contribution in [3.8, 4) is 0 Å². The number of carbonyl (C=O) groups excluding carboxylic acids is 3. The van der Waals surface area contributed by atoms with Gasteiger partial charge in [0.2, 0.25) is 17.7 Å². The molecule has 0 spiro atoms. The zero-order valence-corrected chi connectivity index (χ0v) is 21.1. The molecule has 0 rings (SSSR count). The summed E-state index contributed by atoms with van der Waals surface area (Å²) in [5, 5.41) is 34.3. The van der Waals surface area contributed by atoms with Gasteiger partial charge in [0.1, 0.15) is 18.1 Å². The van der Waals surface area contributed by atoms with E-state index in [1.165, 1.54) is 11.8 Å². The number of carbonyl (C=O) groups is 6. The highest BCUT2D eigenvalue weighted by molar-refractivity contribution is 7.98. The molecule has 4 unspecified atom stereocenters. The maximum absolute atomic E-state index is 12.9. The molecule has 14 nitrogen and oxygen atoms in total. The Morgan fingerprint density at radius 2 is 1.22 bits per heavy atom. The van der Waals surface area contributed by atoms with Gasteiger partial charge in [0, 0.05) is 12.8 Å². The smallest absolute Gasteiger partial charge is 0.326 e. The van der Waals surface area contributed by atoms with Crippen molar-refractivity contribution in [3.05, 3.63) is 0 Å². The lowest BCUT2D eigenvalue weighted by atomic mass is 10.1. The maximum atomic E-state index is 12.9. The standard InChI is InChI=1S/C21H37N5O9S/c1-36-11-9-14(24-18(31)12(23)5-7-16(27)28)20(33)25-13(6-8-17(29)30)19(32)26-15(21(34)35)4-2-3-10-22/h12-15H,2-11,22-23H2,1H3,(H,24,31)(H,25,33)(H,26,32)(H,27,28)(H,29,30)(H,34,35). The second kappa shape index (κ2) is 18.4. The van der Waals surface area contributed by atoms with E-state index in [0.29, 0.717) is 25.1 Å². The number of thioether (sulfide) groups is 1. The van der Waals surface area contributed by atoms with Crippen LogP contribution in [-0.4, -0.2) is 93.7 Å². The average molecular weight is 536 g/mol. The Hall–Kier alpha value is -2.91. The Labute approximate surface area is 213 Å². The largest absolute Gasteiger partial charge is 0.481 e. The predicted molar refractivity (Wildman–Crippen MR) is 131 cm³/mol. The molecule has 0 aliphatic rings. The molecule has 0 radical (unpaired) electrons. The fourth-order valence-corrected chi connectivity index (χ4v) is 3.50. The van der Waals surface area contributed by atoms with E-state index in [1.54, 1.807) is 6.26 Å². The van der Waals surface area contributed by atoms with Crippen LogP contribution in [-0.2, 0) is 28.8 Å². The first kappa shape index (κ1) is 33.1.